The van der Waals surface area contributed by atoms with Gasteiger partial charge in [0.25, 0.3) is 5.91 Å². The Kier molecular flexibility index (Phi) is 3.92. The summed E-state index contributed by atoms with van der Waals surface area (Å²) in [7, 11) is 0. The van der Waals surface area contributed by atoms with E-state index in [4.69, 9.17) is 4.74 Å². The van der Waals surface area contributed by atoms with Gasteiger partial charge >= 0.3 is 0 Å². The van der Waals surface area contributed by atoms with Crippen LogP contribution in [0.1, 0.15) is 35.9 Å². The van der Waals surface area contributed by atoms with E-state index in [-0.39, 0.29) is 11.9 Å². The first-order valence-corrected chi connectivity index (χ1v) is 8.81. The molecule has 3 aliphatic heterocycles. The molecule has 0 saturated carbocycles. The summed E-state index contributed by atoms with van der Waals surface area (Å²) in [5.74, 6) is 1.29. The first-order valence-electron chi connectivity index (χ1n) is 8.81. The molecule has 2 aromatic heterocycles. The number of imidazole rings is 1. The van der Waals surface area contributed by atoms with Crippen LogP contribution in [0, 0.1) is 12.8 Å². The smallest absolute Gasteiger partial charge is 0.270 e. The Morgan fingerprint density at radius 2 is 2.21 bits per heavy atom. The first kappa shape index (κ1) is 15.4. The molecule has 5 rings (SSSR count). The first-order chi connectivity index (χ1) is 11.7. The lowest BCUT2D eigenvalue weighted by Gasteiger charge is -2.44. The van der Waals surface area contributed by atoms with Gasteiger partial charge in [0.1, 0.15) is 5.69 Å². The minimum atomic E-state index is -0.0348. The van der Waals surface area contributed by atoms with E-state index >= 15 is 0 Å². The number of rotatable bonds is 4. The minimum Gasteiger partial charge on any atom is -0.490 e. The van der Waals surface area contributed by atoms with Crippen LogP contribution in [0.15, 0.2) is 18.3 Å². The molecule has 6 heteroatoms. The van der Waals surface area contributed by atoms with Gasteiger partial charge in [0.2, 0.25) is 0 Å². The van der Waals surface area contributed by atoms with Crippen LogP contribution in [0.4, 0.5) is 0 Å². The Balaban J connectivity index is 1.62. The number of aromatic nitrogens is 2. The van der Waals surface area contributed by atoms with Crippen LogP contribution in [0.3, 0.4) is 0 Å². The van der Waals surface area contributed by atoms with E-state index in [0.29, 0.717) is 29.6 Å². The third kappa shape index (κ3) is 2.55. The monoisotopic (exact) mass is 328 g/mol. The number of pyridine rings is 1. The lowest BCUT2D eigenvalue weighted by Crippen LogP contribution is -2.57. The van der Waals surface area contributed by atoms with E-state index in [1.807, 2.05) is 36.6 Å². The normalized spacial score (nSPS) is 25.8. The summed E-state index contributed by atoms with van der Waals surface area (Å²) in [5, 5.41) is 3.25. The number of aryl methyl sites for hydroxylation is 1. The molecular weight excluding hydrogens is 304 g/mol. The van der Waals surface area contributed by atoms with Crippen LogP contribution in [0.2, 0.25) is 0 Å². The van der Waals surface area contributed by atoms with Gasteiger partial charge in [-0.2, -0.15) is 0 Å². The lowest BCUT2D eigenvalue weighted by atomic mass is 9.84. The lowest BCUT2D eigenvalue weighted by molar-refractivity contribution is 0.0617. The van der Waals surface area contributed by atoms with Crippen molar-refractivity contribution in [3.8, 4) is 5.75 Å². The van der Waals surface area contributed by atoms with Crippen molar-refractivity contribution in [1.29, 1.82) is 0 Å². The summed E-state index contributed by atoms with van der Waals surface area (Å²) in [6.07, 6.45) is 4.25. The topological polar surface area (TPSA) is 58.9 Å². The average Bonchev–Trinajstić information content (AvgIpc) is 2.93. The van der Waals surface area contributed by atoms with E-state index in [9.17, 15) is 4.79 Å². The van der Waals surface area contributed by atoms with E-state index in [1.165, 1.54) is 25.9 Å². The second-order valence-electron chi connectivity index (χ2n) is 6.76. The average molecular weight is 328 g/mol. The molecule has 0 radical (unpaired) electrons. The maximum Gasteiger partial charge on any atom is 0.270 e. The number of carbonyl (C=O) groups is 1. The van der Waals surface area contributed by atoms with Crippen molar-refractivity contribution in [2.75, 3.05) is 26.2 Å². The van der Waals surface area contributed by atoms with Crippen LogP contribution in [0.5, 0.6) is 5.75 Å². The van der Waals surface area contributed by atoms with Crippen molar-refractivity contribution in [2.24, 2.45) is 5.92 Å². The minimum absolute atomic E-state index is 0.0348. The van der Waals surface area contributed by atoms with E-state index in [2.05, 4.69) is 15.2 Å². The summed E-state index contributed by atoms with van der Waals surface area (Å²) >= 11 is 0. The molecule has 0 spiro atoms. The maximum atomic E-state index is 12.9. The standard InChI is InChI=1S/C18H24N4O2/c1-3-24-15-5-4-8-22-16(12(2)19-17(15)22)18(23)20-14-11-21-9-6-13(14)7-10-21/h4-5,8,13-14H,3,6-7,9-11H2,1-2H3,(H,20,23)/t14-/m0/s1. The number of nitrogens with zero attached hydrogens (tertiary/aromatic N) is 3. The van der Waals surface area contributed by atoms with Gasteiger partial charge in [0.05, 0.1) is 12.3 Å². The zero-order chi connectivity index (χ0) is 16.7. The Hall–Kier alpha value is -2.08. The quantitative estimate of drug-likeness (QED) is 0.931. The van der Waals surface area contributed by atoms with Crippen LogP contribution < -0.4 is 10.1 Å². The second-order valence-corrected chi connectivity index (χ2v) is 6.76. The van der Waals surface area contributed by atoms with E-state index < -0.39 is 0 Å². The molecular formula is C18H24N4O2. The summed E-state index contributed by atoms with van der Waals surface area (Å²) in [4.78, 5) is 19.9. The van der Waals surface area contributed by atoms with E-state index in [1.54, 1.807) is 0 Å². The highest BCUT2D eigenvalue weighted by Crippen LogP contribution is 2.28. The van der Waals surface area contributed by atoms with Gasteiger partial charge in [-0.05, 0) is 57.8 Å². The molecule has 1 atom stereocenters. The molecule has 0 aliphatic carbocycles. The Morgan fingerprint density at radius 1 is 1.42 bits per heavy atom. The van der Waals surface area contributed by atoms with Gasteiger partial charge in [0.15, 0.2) is 11.4 Å². The number of carbonyl (C=O) groups excluding carboxylic acids is 1. The number of hydrogen-bond donors (Lipinski definition) is 1. The summed E-state index contributed by atoms with van der Waals surface area (Å²) < 4.78 is 7.48. The molecule has 5 heterocycles. The molecule has 3 saturated heterocycles. The highest BCUT2D eigenvalue weighted by Gasteiger charge is 2.35. The van der Waals surface area contributed by atoms with Gasteiger partial charge in [-0.1, -0.05) is 0 Å². The highest BCUT2D eigenvalue weighted by atomic mass is 16.5. The second kappa shape index (κ2) is 6.09. The zero-order valence-corrected chi connectivity index (χ0v) is 14.3. The summed E-state index contributed by atoms with van der Waals surface area (Å²) in [6, 6.07) is 4.03. The van der Waals surface area contributed by atoms with Crippen LogP contribution in [-0.2, 0) is 0 Å². The largest absolute Gasteiger partial charge is 0.490 e. The van der Waals surface area contributed by atoms with Gasteiger partial charge in [-0.15, -0.1) is 0 Å². The van der Waals surface area contributed by atoms with Crippen molar-refractivity contribution >= 4 is 11.6 Å². The summed E-state index contributed by atoms with van der Waals surface area (Å²) in [6.45, 7) is 7.71. The van der Waals surface area contributed by atoms with Crippen LogP contribution in [-0.4, -0.2) is 52.5 Å². The Labute approximate surface area is 141 Å². The number of fused-ring (bicyclic) bond motifs is 4. The molecule has 3 aliphatic rings. The molecule has 3 fully saturated rings. The molecule has 2 bridgehead atoms. The molecule has 24 heavy (non-hydrogen) atoms. The van der Waals surface area contributed by atoms with Gasteiger partial charge < -0.3 is 15.0 Å². The fraction of sp³-hybridized carbons (Fsp3) is 0.556. The number of amides is 1. The van der Waals surface area contributed by atoms with Crippen LogP contribution >= 0.6 is 0 Å². The third-order valence-electron chi connectivity index (χ3n) is 5.28. The Bertz CT molecular complexity index is 762. The van der Waals surface area contributed by atoms with Crippen molar-refractivity contribution in [2.45, 2.75) is 32.7 Å². The number of nitrogens with one attached hydrogen (secondary N) is 1. The van der Waals surface area contributed by atoms with Gasteiger partial charge in [-0.3, -0.25) is 9.20 Å². The van der Waals surface area contributed by atoms with E-state index in [0.717, 1.165) is 12.2 Å². The van der Waals surface area contributed by atoms with Crippen molar-refractivity contribution in [3.63, 3.8) is 0 Å². The molecule has 1 amide bonds. The number of hydrogen-bond acceptors (Lipinski definition) is 4. The van der Waals surface area contributed by atoms with Crippen LogP contribution in [0.25, 0.3) is 5.65 Å². The molecule has 2 aromatic rings. The fourth-order valence-electron chi connectivity index (χ4n) is 4.06. The van der Waals surface area contributed by atoms with Gasteiger partial charge in [0, 0.05) is 18.8 Å². The zero-order valence-electron chi connectivity index (χ0n) is 14.3. The SMILES string of the molecule is CCOc1cccn2c(C(=O)N[C@H]3CN4CCC3CC4)c(C)nc12. The highest BCUT2D eigenvalue weighted by molar-refractivity contribution is 5.95. The number of piperidine rings is 3. The molecule has 6 nitrogen and oxygen atoms in total. The number of ether oxygens (including phenoxy) is 1. The molecule has 0 aromatic carbocycles. The molecule has 128 valence electrons. The molecule has 1 N–H and O–H groups in total. The van der Waals surface area contributed by atoms with Crippen molar-refractivity contribution in [1.82, 2.24) is 19.6 Å². The predicted octanol–water partition coefficient (Wildman–Crippen LogP) is 1.87. The predicted molar refractivity (Wildman–Crippen MR) is 91.5 cm³/mol. The maximum absolute atomic E-state index is 12.9. The molecule has 0 unspecified atom stereocenters. The van der Waals surface area contributed by atoms with Crippen molar-refractivity contribution < 1.29 is 9.53 Å². The van der Waals surface area contributed by atoms with Gasteiger partial charge in [-0.25, -0.2) is 4.98 Å². The fourth-order valence-corrected chi connectivity index (χ4v) is 4.06. The Morgan fingerprint density at radius 3 is 2.88 bits per heavy atom. The van der Waals surface area contributed by atoms with Crippen molar-refractivity contribution in [3.05, 3.63) is 29.7 Å². The third-order valence-corrected chi connectivity index (χ3v) is 5.28. The summed E-state index contributed by atoms with van der Waals surface area (Å²) in [5.41, 5.74) is 2.06.